The van der Waals surface area contributed by atoms with E-state index in [0.717, 1.165) is 31.7 Å². The number of amides is 1. The Labute approximate surface area is 125 Å². The summed E-state index contributed by atoms with van der Waals surface area (Å²) in [6.07, 6.45) is 2.18. The summed E-state index contributed by atoms with van der Waals surface area (Å²) >= 11 is 5.84. The van der Waals surface area contributed by atoms with E-state index in [2.05, 4.69) is 0 Å². The molecule has 1 aliphatic rings. The number of likely N-dealkylation sites (tertiary alicyclic amines) is 1. The van der Waals surface area contributed by atoms with E-state index in [-0.39, 0.29) is 11.8 Å². The molecule has 0 saturated carbocycles. The molecule has 1 aromatic carbocycles. The summed E-state index contributed by atoms with van der Waals surface area (Å²) in [4.78, 5) is 14.0. The van der Waals surface area contributed by atoms with E-state index in [1.807, 2.05) is 43.0 Å². The van der Waals surface area contributed by atoms with Crippen LogP contribution in [0.2, 0.25) is 5.02 Å². The van der Waals surface area contributed by atoms with E-state index in [1.54, 1.807) is 0 Å². The molecule has 110 valence electrons. The molecule has 0 aromatic heterocycles. The fourth-order valence-corrected chi connectivity index (χ4v) is 2.64. The van der Waals surface area contributed by atoms with Gasteiger partial charge in [-0.2, -0.15) is 0 Å². The van der Waals surface area contributed by atoms with Crippen LogP contribution in [0.5, 0.6) is 5.75 Å². The van der Waals surface area contributed by atoms with Gasteiger partial charge in [0.1, 0.15) is 5.75 Å². The molecule has 1 aliphatic heterocycles. The molecule has 20 heavy (non-hydrogen) atoms. The molecule has 1 aromatic rings. The van der Waals surface area contributed by atoms with Crippen LogP contribution in [0.3, 0.4) is 0 Å². The van der Waals surface area contributed by atoms with E-state index in [1.165, 1.54) is 0 Å². The number of carbonyl (C=O) groups excluding carboxylic acids is 1. The Hall–Kier alpha value is -1.22. The molecule has 1 saturated heterocycles. The number of carbonyl (C=O) groups is 1. The fraction of sp³-hybridized carbons (Fsp3) is 0.562. The van der Waals surface area contributed by atoms with Crippen molar-refractivity contribution in [2.75, 3.05) is 19.7 Å². The quantitative estimate of drug-likeness (QED) is 0.849. The highest BCUT2D eigenvalue weighted by Gasteiger charge is 2.25. The predicted octanol–water partition coefficient (Wildman–Crippen LogP) is 3.61. The Morgan fingerprint density at radius 3 is 2.75 bits per heavy atom. The van der Waals surface area contributed by atoms with Crippen molar-refractivity contribution in [2.24, 2.45) is 11.8 Å². The summed E-state index contributed by atoms with van der Waals surface area (Å²) in [6.45, 7) is 6.26. The fourth-order valence-electron chi connectivity index (χ4n) is 2.51. The van der Waals surface area contributed by atoms with E-state index in [4.69, 9.17) is 16.3 Å². The van der Waals surface area contributed by atoms with Gasteiger partial charge < -0.3 is 9.64 Å². The standard InChI is InChI=1S/C16H22ClNO2/c1-12(2)16(19)18-9-3-4-13(10-18)11-20-15-7-5-14(17)6-8-15/h5-8,12-13H,3-4,9-11H2,1-2H3. The van der Waals surface area contributed by atoms with Crippen molar-refractivity contribution < 1.29 is 9.53 Å². The molecule has 1 amide bonds. The van der Waals surface area contributed by atoms with Gasteiger partial charge in [-0.25, -0.2) is 0 Å². The van der Waals surface area contributed by atoms with Gasteiger partial charge in [0.25, 0.3) is 0 Å². The Balaban J connectivity index is 1.84. The summed E-state index contributed by atoms with van der Waals surface area (Å²) < 4.78 is 5.79. The number of hydrogen-bond acceptors (Lipinski definition) is 2. The lowest BCUT2D eigenvalue weighted by atomic mass is 9.98. The zero-order chi connectivity index (χ0) is 14.5. The van der Waals surface area contributed by atoms with Gasteiger partial charge >= 0.3 is 0 Å². The molecule has 0 bridgehead atoms. The number of piperidine rings is 1. The summed E-state index contributed by atoms with van der Waals surface area (Å²) in [7, 11) is 0. The molecule has 1 atom stereocenters. The highest BCUT2D eigenvalue weighted by molar-refractivity contribution is 6.30. The molecule has 0 N–H and O–H groups in total. The van der Waals surface area contributed by atoms with Gasteiger partial charge in [-0.1, -0.05) is 25.4 Å². The molecule has 4 heteroatoms. The number of halogens is 1. The van der Waals surface area contributed by atoms with Crippen molar-refractivity contribution in [3.63, 3.8) is 0 Å². The number of rotatable bonds is 4. The van der Waals surface area contributed by atoms with Gasteiger partial charge in [0, 0.05) is 29.9 Å². The molecule has 0 aliphatic carbocycles. The van der Waals surface area contributed by atoms with E-state index < -0.39 is 0 Å². The van der Waals surface area contributed by atoms with Crippen LogP contribution in [0.1, 0.15) is 26.7 Å². The predicted molar refractivity (Wildman–Crippen MR) is 81.1 cm³/mol. The van der Waals surface area contributed by atoms with Crippen LogP contribution in [0, 0.1) is 11.8 Å². The molecular weight excluding hydrogens is 274 g/mol. The van der Waals surface area contributed by atoms with Crippen LogP contribution in [0.15, 0.2) is 24.3 Å². The van der Waals surface area contributed by atoms with E-state index in [9.17, 15) is 4.79 Å². The Bertz CT molecular complexity index is 444. The van der Waals surface area contributed by atoms with Gasteiger partial charge in [-0.15, -0.1) is 0 Å². The first-order valence-corrected chi connectivity index (χ1v) is 7.61. The average Bonchev–Trinajstić information content (AvgIpc) is 2.46. The van der Waals surface area contributed by atoms with Crippen molar-refractivity contribution in [2.45, 2.75) is 26.7 Å². The molecule has 3 nitrogen and oxygen atoms in total. The summed E-state index contributed by atoms with van der Waals surface area (Å²) in [5, 5.41) is 0.712. The van der Waals surface area contributed by atoms with E-state index in [0.29, 0.717) is 17.5 Å². The first kappa shape index (κ1) is 15.2. The Morgan fingerprint density at radius 2 is 2.10 bits per heavy atom. The third-order valence-corrected chi connectivity index (χ3v) is 3.88. The minimum atomic E-state index is 0.0749. The number of hydrogen-bond donors (Lipinski definition) is 0. The van der Waals surface area contributed by atoms with E-state index >= 15 is 0 Å². The molecule has 1 fully saturated rings. The molecule has 1 unspecified atom stereocenters. The van der Waals surface area contributed by atoms with Crippen molar-refractivity contribution in [1.82, 2.24) is 4.90 Å². The zero-order valence-corrected chi connectivity index (χ0v) is 12.9. The minimum absolute atomic E-state index is 0.0749. The third kappa shape index (κ3) is 4.14. The highest BCUT2D eigenvalue weighted by atomic mass is 35.5. The van der Waals surface area contributed by atoms with Gasteiger partial charge in [-0.05, 0) is 37.1 Å². The van der Waals surface area contributed by atoms with Gasteiger partial charge in [0.15, 0.2) is 0 Å². The topological polar surface area (TPSA) is 29.5 Å². The maximum absolute atomic E-state index is 12.0. The van der Waals surface area contributed by atoms with Crippen molar-refractivity contribution in [3.8, 4) is 5.75 Å². The number of ether oxygens (including phenoxy) is 1. The smallest absolute Gasteiger partial charge is 0.225 e. The maximum atomic E-state index is 12.0. The Kier molecular flexibility index (Phi) is 5.30. The Morgan fingerprint density at radius 1 is 1.40 bits per heavy atom. The molecule has 1 heterocycles. The second-order valence-corrected chi connectivity index (χ2v) is 6.15. The lowest BCUT2D eigenvalue weighted by Crippen LogP contribution is -2.43. The monoisotopic (exact) mass is 295 g/mol. The lowest BCUT2D eigenvalue weighted by Gasteiger charge is -2.33. The third-order valence-electron chi connectivity index (χ3n) is 3.62. The zero-order valence-electron chi connectivity index (χ0n) is 12.1. The molecule has 0 spiro atoms. The van der Waals surface area contributed by atoms with Gasteiger partial charge in [-0.3, -0.25) is 4.79 Å². The average molecular weight is 296 g/mol. The molecule has 2 rings (SSSR count). The maximum Gasteiger partial charge on any atom is 0.225 e. The lowest BCUT2D eigenvalue weighted by molar-refractivity contribution is -0.136. The normalized spacial score (nSPS) is 19.2. The summed E-state index contributed by atoms with van der Waals surface area (Å²) in [5.74, 6) is 1.58. The first-order chi connectivity index (χ1) is 9.56. The number of benzene rings is 1. The summed E-state index contributed by atoms with van der Waals surface area (Å²) in [6, 6.07) is 7.41. The SMILES string of the molecule is CC(C)C(=O)N1CCCC(COc2ccc(Cl)cc2)C1. The van der Waals surface area contributed by atoms with Crippen molar-refractivity contribution in [1.29, 1.82) is 0 Å². The van der Waals surface area contributed by atoms with Gasteiger partial charge in [0.05, 0.1) is 6.61 Å². The van der Waals surface area contributed by atoms with Gasteiger partial charge in [0.2, 0.25) is 5.91 Å². The summed E-state index contributed by atoms with van der Waals surface area (Å²) in [5.41, 5.74) is 0. The van der Waals surface area contributed by atoms with Crippen LogP contribution in [-0.2, 0) is 4.79 Å². The van der Waals surface area contributed by atoms with Crippen LogP contribution >= 0.6 is 11.6 Å². The molecular formula is C16H22ClNO2. The largest absolute Gasteiger partial charge is 0.493 e. The van der Waals surface area contributed by atoms with Crippen molar-refractivity contribution in [3.05, 3.63) is 29.3 Å². The van der Waals surface area contributed by atoms with Crippen LogP contribution in [0.25, 0.3) is 0 Å². The second-order valence-electron chi connectivity index (χ2n) is 5.71. The van der Waals surface area contributed by atoms with Crippen molar-refractivity contribution >= 4 is 17.5 Å². The molecule has 0 radical (unpaired) electrons. The van der Waals surface area contributed by atoms with Crippen LogP contribution in [-0.4, -0.2) is 30.5 Å². The van der Waals surface area contributed by atoms with Crippen LogP contribution < -0.4 is 4.74 Å². The highest BCUT2D eigenvalue weighted by Crippen LogP contribution is 2.21. The minimum Gasteiger partial charge on any atom is -0.493 e. The second kappa shape index (κ2) is 6.98. The number of nitrogens with zero attached hydrogens (tertiary/aromatic N) is 1. The van der Waals surface area contributed by atoms with Crippen LogP contribution in [0.4, 0.5) is 0 Å². The first-order valence-electron chi connectivity index (χ1n) is 7.23.